The first-order chi connectivity index (χ1) is 7.60. The van der Waals surface area contributed by atoms with Crippen LogP contribution in [0.15, 0.2) is 11.3 Å². The van der Waals surface area contributed by atoms with Crippen molar-refractivity contribution in [3.8, 4) is 0 Å². The number of carbonyl (C=O) groups is 1. The number of nitrogens with zero attached hydrogens (tertiary/aromatic N) is 3. The number of halogens is 2. The summed E-state index contributed by atoms with van der Waals surface area (Å²) >= 11 is 11.3. The van der Waals surface area contributed by atoms with Crippen LogP contribution >= 0.6 is 23.2 Å². The lowest BCUT2D eigenvalue weighted by molar-refractivity contribution is -0.134. The minimum Gasteiger partial charge on any atom is -0.461 e. The summed E-state index contributed by atoms with van der Waals surface area (Å²) < 4.78 is 4.73. The van der Waals surface area contributed by atoms with E-state index in [9.17, 15) is 4.79 Å². The molecule has 1 aromatic heterocycles. The van der Waals surface area contributed by atoms with Crippen LogP contribution in [-0.2, 0) is 9.53 Å². The molecule has 2 N–H and O–H groups in total. The van der Waals surface area contributed by atoms with E-state index in [0.717, 1.165) is 0 Å². The molecule has 16 heavy (non-hydrogen) atoms. The molecule has 0 atom stereocenters. The maximum absolute atomic E-state index is 11.4. The molecule has 0 aliphatic carbocycles. The van der Waals surface area contributed by atoms with E-state index in [2.05, 4.69) is 15.1 Å². The van der Waals surface area contributed by atoms with Crippen molar-refractivity contribution in [3.05, 3.63) is 22.2 Å². The van der Waals surface area contributed by atoms with Crippen molar-refractivity contribution in [2.75, 3.05) is 6.61 Å². The summed E-state index contributed by atoms with van der Waals surface area (Å²) in [5.41, 5.74) is -0.164. The number of nitrogens with two attached hydrogens (primary N) is 1. The Morgan fingerprint density at radius 3 is 2.81 bits per heavy atom. The van der Waals surface area contributed by atoms with Crippen molar-refractivity contribution in [3.63, 3.8) is 0 Å². The smallest absolute Gasteiger partial charge is 0.361 e. The second-order valence-electron chi connectivity index (χ2n) is 2.53. The molecule has 0 unspecified atom stereocenters. The predicted molar refractivity (Wildman–Crippen MR) is 59.4 cm³/mol. The molecule has 0 aliphatic heterocycles. The Balaban J connectivity index is 3.10. The van der Waals surface area contributed by atoms with Gasteiger partial charge in [-0.1, -0.05) is 23.2 Å². The van der Waals surface area contributed by atoms with Gasteiger partial charge in [-0.25, -0.2) is 14.8 Å². The van der Waals surface area contributed by atoms with Gasteiger partial charge in [0.2, 0.25) is 0 Å². The SMILES string of the molecule is CCOC(=O)C(=NN)c1ncc(Cl)nc1Cl. The molecule has 6 nitrogen and oxygen atoms in total. The zero-order valence-electron chi connectivity index (χ0n) is 8.28. The van der Waals surface area contributed by atoms with Crippen molar-refractivity contribution < 1.29 is 9.53 Å². The van der Waals surface area contributed by atoms with Crippen molar-refractivity contribution in [2.45, 2.75) is 6.92 Å². The molecule has 0 aromatic carbocycles. The van der Waals surface area contributed by atoms with Crippen LogP contribution < -0.4 is 5.84 Å². The number of ether oxygens (including phenoxy) is 1. The summed E-state index contributed by atoms with van der Waals surface area (Å²) in [6, 6.07) is 0. The van der Waals surface area contributed by atoms with E-state index in [1.807, 2.05) is 0 Å². The first-order valence-electron chi connectivity index (χ1n) is 4.23. The maximum Gasteiger partial charge on any atom is 0.361 e. The summed E-state index contributed by atoms with van der Waals surface area (Å²) in [7, 11) is 0. The maximum atomic E-state index is 11.4. The van der Waals surface area contributed by atoms with E-state index in [1.54, 1.807) is 6.92 Å². The first kappa shape index (κ1) is 12.7. The topological polar surface area (TPSA) is 90.5 Å². The molecule has 0 amide bonds. The number of esters is 1. The third kappa shape index (κ3) is 2.80. The first-order valence-corrected chi connectivity index (χ1v) is 4.99. The molecular weight excluding hydrogens is 255 g/mol. The summed E-state index contributed by atoms with van der Waals surface area (Å²) in [6.45, 7) is 1.84. The van der Waals surface area contributed by atoms with Crippen LogP contribution in [0.3, 0.4) is 0 Å². The molecular formula is C8H8Cl2N4O2. The number of hydrogen-bond donors (Lipinski definition) is 1. The highest BCUT2D eigenvalue weighted by Gasteiger charge is 2.20. The van der Waals surface area contributed by atoms with Crippen LogP contribution in [0.2, 0.25) is 10.3 Å². The van der Waals surface area contributed by atoms with Crippen molar-refractivity contribution >= 4 is 34.9 Å². The molecule has 0 aliphatic rings. The number of hydrogen-bond acceptors (Lipinski definition) is 6. The summed E-state index contributed by atoms with van der Waals surface area (Å²) in [4.78, 5) is 18.9. The van der Waals surface area contributed by atoms with Gasteiger partial charge >= 0.3 is 5.97 Å². The van der Waals surface area contributed by atoms with Crippen molar-refractivity contribution in [2.24, 2.45) is 10.9 Å². The summed E-state index contributed by atoms with van der Waals surface area (Å²) in [5.74, 6) is 4.35. The second-order valence-corrected chi connectivity index (χ2v) is 3.28. The quantitative estimate of drug-likeness (QED) is 0.380. The van der Waals surface area contributed by atoms with Gasteiger partial charge in [0, 0.05) is 0 Å². The average Bonchev–Trinajstić information content (AvgIpc) is 2.22. The van der Waals surface area contributed by atoms with E-state index < -0.39 is 5.97 Å². The van der Waals surface area contributed by atoms with Gasteiger partial charge in [0.25, 0.3) is 0 Å². The van der Waals surface area contributed by atoms with Gasteiger partial charge in [-0.2, -0.15) is 5.10 Å². The highest BCUT2D eigenvalue weighted by molar-refractivity contribution is 6.46. The molecule has 1 heterocycles. The third-order valence-corrected chi connectivity index (χ3v) is 1.97. The Labute approximate surface area is 101 Å². The van der Waals surface area contributed by atoms with Gasteiger partial charge < -0.3 is 10.6 Å². The largest absolute Gasteiger partial charge is 0.461 e. The molecule has 0 bridgehead atoms. The van der Waals surface area contributed by atoms with Gasteiger partial charge in [-0.3, -0.25) is 0 Å². The van der Waals surface area contributed by atoms with Crippen LogP contribution in [0.25, 0.3) is 0 Å². The second kappa shape index (κ2) is 5.62. The Kier molecular flexibility index (Phi) is 4.45. The van der Waals surface area contributed by atoms with Gasteiger partial charge in [0.15, 0.2) is 10.9 Å². The lowest BCUT2D eigenvalue weighted by Gasteiger charge is -2.05. The van der Waals surface area contributed by atoms with Crippen LogP contribution in [0.1, 0.15) is 12.6 Å². The number of rotatable bonds is 3. The van der Waals surface area contributed by atoms with Crippen LogP contribution in [0.5, 0.6) is 0 Å². The number of hydrazone groups is 1. The number of aromatic nitrogens is 2. The lowest BCUT2D eigenvalue weighted by Crippen LogP contribution is -2.22. The van der Waals surface area contributed by atoms with Crippen LogP contribution in [0.4, 0.5) is 0 Å². The highest BCUT2D eigenvalue weighted by Crippen LogP contribution is 2.14. The Morgan fingerprint density at radius 1 is 1.62 bits per heavy atom. The van der Waals surface area contributed by atoms with Crippen LogP contribution in [-0.4, -0.2) is 28.3 Å². The van der Waals surface area contributed by atoms with E-state index in [1.165, 1.54) is 6.20 Å². The minimum absolute atomic E-state index is 0.0343. The highest BCUT2D eigenvalue weighted by atomic mass is 35.5. The van der Waals surface area contributed by atoms with Gasteiger partial charge in [0.05, 0.1) is 12.8 Å². The van der Waals surface area contributed by atoms with E-state index in [4.69, 9.17) is 33.8 Å². The van der Waals surface area contributed by atoms with Crippen LogP contribution in [0, 0.1) is 0 Å². The number of carbonyl (C=O) groups excluding carboxylic acids is 1. The molecule has 0 radical (unpaired) electrons. The molecule has 0 fully saturated rings. The van der Waals surface area contributed by atoms with E-state index in [0.29, 0.717) is 0 Å². The normalized spacial score (nSPS) is 11.3. The van der Waals surface area contributed by atoms with Gasteiger partial charge in [0.1, 0.15) is 10.8 Å². The fourth-order valence-electron chi connectivity index (χ4n) is 0.915. The van der Waals surface area contributed by atoms with E-state index >= 15 is 0 Å². The summed E-state index contributed by atoms with van der Waals surface area (Å²) in [5, 5.41) is 3.32. The Hall–Kier alpha value is -1.40. The zero-order chi connectivity index (χ0) is 12.1. The zero-order valence-corrected chi connectivity index (χ0v) is 9.79. The lowest BCUT2D eigenvalue weighted by atomic mass is 10.3. The monoisotopic (exact) mass is 262 g/mol. The van der Waals surface area contributed by atoms with Gasteiger partial charge in [-0.05, 0) is 6.92 Å². The molecule has 0 spiro atoms. The fourth-order valence-corrected chi connectivity index (χ4v) is 1.32. The molecule has 0 saturated carbocycles. The predicted octanol–water partition coefficient (Wildman–Crippen LogP) is 1.01. The Bertz CT molecular complexity index is 436. The van der Waals surface area contributed by atoms with Crippen molar-refractivity contribution in [1.82, 2.24) is 9.97 Å². The standard InChI is InChI=1S/C8H8Cl2N4O2/c1-2-16-8(15)6(14-11)5-7(10)13-4(9)3-12-5/h3H,2,11H2,1H3. The molecule has 0 saturated heterocycles. The van der Waals surface area contributed by atoms with Crippen molar-refractivity contribution in [1.29, 1.82) is 0 Å². The molecule has 86 valence electrons. The molecule has 1 rings (SSSR count). The molecule has 8 heteroatoms. The minimum atomic E-state index is -0.719. The summed E-state index contributed by atoms with van der Waals surface area (Å²) in [6.07, 6.45) is 1.23. The molecule has 1 aromatic rings. The third-order valence-electron chi connectivity index (χ3n) is 1.52. The van der Waals surface area contributed by atoms with E-state index in [-0.39, 0.29) is 28.3 Å². The fraction of sp³-hybridized carbons (Fsp3) is 0.250. The Morgan fingerprint density at radius 2 is 2.31 bits per heavy atom. The average molecular weight is 263 g/mol. The van der Waals surface area contributed by atoms with Gasteiger partial charge in [-0.15, -0.1) is 0 Å².